The van der Waals surface area contributed by atoms with Crippen molar-refractivity contribution < 1.29 is 19.1 Å². The summed E-state index contributed by atoms with van der Waals surface area (Å²) in [6, 6.07) is 6.90. The molecule has 0 bridgehead atoms. The molecule has 5 rings (SSSR count). The molecule has 6 unspecified atom stereocenters. The lowest BCUT2D eigenvalue weighted by molar-refractivity contribution is -0.131. The van der Waals surface area contributed by atoms with Gasteiger partial charge in [-0.1, -0.05) is 69.5 Å². The number of hydrogen-bond donors (Lipinski definition) is 0. The lowest BCUT2D eigenvalue weighted by atomic mass is 9.43. The number of fused-ring (bicyclic) bond motifs is 4. The zero-order valence-electron chi connectivity index (χ0n) is 27.5. The highest BCUT2D eigenvalue weighted by Gasteiger charge is 2.63. The van der Waals surface area contributed by atoms with Gasteiger partial charge in [-0.3, -0.25) is 4.79 Å². The highest BCUT2D eigenvalue weighted by atomic mass is 16.6. The third-order valence-corrected chi connectivity index (χ3v) is 12.8. The number of para-hydroxylation sites is 1. The van der Waals surface area contributed by atoms with E-state index in [2.05, 4.69) is 54.5 Å². The second-order valence-corrected chi connectivity index (χ2v) is 15.5. The van der Waals surface area contributed by atoms with Crippen molar-refractivity contribution in [3.63, 3.8) is 0 Å². The van der Waals surface area contributed by atoms with Gasteiger partial charge in [0.15, 0.2) is 0 Å². The molecule has 0 amide bonds. The van der Waals surface area contributed by atoms with Crippen LogP contribution in [0.5, 0.6) is 5.75 Å². The molecule has 4 nitrogen and oxygen atoms in total. The summed E-state index contributed by atoms with van der Waals surface area (Å²) in [6.45, 7) is 18.2. The number of hydrogen-bond acceptors (Lipinski definition) is 4. The summed E-state index contributed by atoms with van der Waals surface area (Å²) in [6.07, 6.45) is 15.6. The molecule has 0 aromatic heterocycles. The number of esters is 2. The molecule has 0 radical (unpaired) electrons. The van der Waals surface area contributed by atoms with Crippen molar-refractivity contribution in [1.29, 1.82) is 0 Å². The SMILES string of the molecule is CC(=O)Oc1ccccc1C(=O)OC1CCC2(C)C3=C(CCC2C1(C)C)C1(C)CCC(CCCC=C(C)C)C1(C)CC3. The zero-order chi connectivity index (χ0) is 30.5. The quantitative estimate of drug-likeness (QED) is 0.141. The maximum absolute atomic E-state index is 13.4. The van der Waals surface area contributed by atoms with Crippen LogP contribution in [0, 0.1) is 33.5 Å². The van der Waals surface area contributed by atoms with Gasteiger partial charge in [0.2, 0.25) is 0 Å². The Labute approximate surface area is 254 Å². The average molecular weight is 575 g/mol. The van der Waals surface area contributed by atoms with Crippen LogP contribution in [0.2, 0.25) is 0 Å². The number of rotatable bonds is 7. The molecule has 6 atom stereocenters. The normalized spacial score (nSPS) is 35.0. The van der Waals surface area contributed by atoms with Crippen LogP contribution in [-0.4, -0.2) is 18.0 Å². The summed E-state index contributed by atoms with van der Waals surface area (Å²) >= 11 is 0. The summed E-state index contributed by atoms with van der Waals surface area (Å²) in [4.78, 5) is 25.0. The molecule has 230 valence electrons. The topological polar surface area (TPSA) is 52.6 Å². The van der Waals surface area contributed by atoms with E-state index in [9.17, 15) is 9.59 Å². The largest absolute Gasteiger partial charge is 0.458 e. The minimum atomic E-state index is -0.440. The van der Waals surface area contributed by atoms with Crippen molar-refractivity contribution >= 4 is 11.9 Å². The van der Waals surface area contributed by atoms with Gasteiger partial charge in [0.05, 0.1) is 0 Å². The van der Waals surface area contributed by atoms with E-state index in [-0.39, 0.29) is 22.7 Å². The van der Waals surface area contributed by atoms with Gasteiger partial charge in [0, 0.05) is 12.3 Å². The molecule has 42 heavy (non-hydrogen) atoms. The maximum atomic E-state index is 13.4. The summed E-state index contributed by atoms with van der Waals surface area (Å²) in [5.74, 6) is 0.727. The molecule has 2 saturated carbocycles. The smallest absolute Gasteiger partial charge is 0.342 e. The molecule has 1 aromatic rings. The molecule has 0 saturated heterocycles. The second kappa shape index (κ2) is 11.3. The summed E-state index contributed by atoms with van der Waals surface area (Å²) in [7, 11) is 0. The predicted octanol–water partition coefficient (Wildman–Crippen LogP) is 10.0. The Morgan fingerprint density at radius 2 is 1.64 bits per heavy atom. The van der Waals surface area contributed by atoms with Gasteiger partial charge >= 0.3 is 11.9 Å². The molecule has 0 spiro atoms. The fourth-order valence-electron chi connectivity index (χ4n) is 10.3. The Hall–Kier alpha value is -2.36. The number of unbranched alkanes of at least 4 members (excludes halogenated alkanes) is 1. The van der Waals surface area contributed by atoms with Crippen LogP contribution < -0.4 is 4.74 Å². The molecule has 2 fully saturated rings. The summed E-state index contributed by atoms with van der Waals surface area (Å²) in [5, 5.41) is 0. The minimum Gasteiger partial charge on any atom is -0.458 e. The Kier molecular flexibility index (Phi) is 8.35. The Balaban J connectivity index is 1.36. The van der Waals surface area contributed by atoms with Gasteiger partial charge in [0.25, 0.3) is 0 Å². The highest BCUT2D eigenvalue weighted by molar-refractivity contribution is 5.93. The van der Waals surface area contributed by atoms with Crippen molar-refractivity contribution in [2.75, 3.05) is 0 Å². The van der Waals surface area contributed by atoms with E-state index < -0.39 is 11.9 Å². The summed E-state index contributed by atoms with van der Waals surface area (Å²) in [5.41, 5.74) is 6.05. The first-order valence-electron chi connectivity index (χ1n) is 16.6. The van der Waals surface area contributed by atoms with E-state index in [4.69, 9.17) is 9.47 Å². The van der Waals surface area contributed by atoms with Gasteiger partial charge in [-0.25, -0.2) is 4.79 Å². The van der Waals surface area contributed by atoms with Crippen LogP contribution in [0.1, 0.15) is 136 Å². The second-order valence-electron chi connectivity index (χ2n) is 15.5. The van der Waals surface area contributed by atoms with Crippen LogP contribution in [0.15, 0.2) is 47.1 Å². The van der Waals surface area contributed by atoms with Gasteiger partial charge < -0.3 is 9.47 Å². The Morgan fingerprint density at radius 3 is 2.36 bits per heavy atom. The van der Waals surface area contributed by atoms with Gasteiger partial charge in [-0.05, 0) is 125 Å². The molecule has 1 aromatic carbocycles. The first-order chi connectivity index (χ1) is 19.7. The average Bonchev–Trinajstić information content (AvgIpc) is 3.18. The van der Waals surface area contributed by atoms with Crippen molar-refractivity contribution in [3.05, 3.63) is 52.6 Å². The zero-order valence-corrected chi connectivity index (χ0v) is 27.5. The molecule has 0 N–H and O–H groups in total. The first-order valence-corrected chi connectivity index (χ1v) is 16.6. The van der Waals surface area contributed by atoms with E-state index >= 15 is 0 Å². The third kappa shape index (κ3) is 5.09. The summed E-state index contributed by atoms with van der Waals surface area (Å²) < 4.78 is 11.6. The van der Waals surface area contributed by atoms with Crippen molar-refractivity contribution in [3.8, 4) is 5.75 Å². The van der Waals surface area contributed by atoms with Crippen LogP contribution in [-0.2, 0) is 9.53 Å². The molecular weight excluding hydrogens is 520 g/mol. The lowest BCUT2D eigenvalue weighted by Gasteiger charge is -2.62. The van der Waals surface area contributed by atoms with Gasteiger partial charge in [-0.2, -0.15) is 0 Å². The number of allylic oxidation sites excluding steroid dienone is 4. The van der Waals surface area contributed by atoms with Crippen LogP contribution in [0.4, 0.5) is 0 Å². The minimum absolute atomic E-state index is 0.150. The van der Waals surface area contributed by atoms with Crippen molar-refractivity contribution in [2.45, 2.75) is 132 Å². The van der Waals surface area contributed by atoms with E-state index in [0.717, 1.165) is 25.2 Å². The number of ether oxygens (including phenoxy) is 2. The van der Waals surface area contributed by atoms with Crippen molar-refractivity contribution in [1.82, 2.24) is 0 Å². The Bertz CT molecular complexity index is 1280. The van der Waals surface area contributed by atoms with E-state index in [1.54, 1.807) is 29.8 Å². The molecule has 4 heteroatoms. The molecule has 0 aliphatic heterocycles. The molecule has 4 aliphatic rings. The number of benzene rings is 1. The van der Waals surface area contributed by atoms with Crippen LogP contribution in [0.25, 0.3) is 0 Å². The van der Waals surface area contributed by atoms with E-state index in [0.29, 0.717) is 22.3 Å². The predicted molar refractivity (Wildman–Crippen MR) is 169 cm³/mol. The van der Waals surface area contributed by atoms with E-state index in [1.165, 1.54) is 63.9 Å². The highest BCUT2D eigenvalue weighted by Crippen LogP contribution is 2.72. The third-order valence-electron chi connectivity index (χ3n) is 12.8. The van der Waals surface area contributed by atoms with Gasteiger partial charge in [-0.15, -0.1) is 0 Å². The first kappa shape index (κ1) is 31.1. The Morgan fingerprint density at radius 1 is 0.905 bits per heavy atom. The molecule has 4 aliphatic carbocycles. The van der Waals surface area contributed by atoms with E-state index in [1.807, 2.05) is 5.57 Å². The van der Waals surface area contributed by atoms with Gasteiger partial charge in [0.1, 0.15) is 17.4 Å². The van der Waals surface area contributed by atoms with Crippen LogP contribution in [0.3, 0.4) is 0 Å². The number of carbonyl (C=O) groups is 2. The monoisotopic (exact) mass is 574 g/mol. The maximum Gasteiger partial charge on any atom is 0.342 e. The molecular formula is C38H54O4. The fourth-order valence-corrected chi connectivity index (χ4v) is 10.3. The fraction of sp³-hybridized carbons (Fsp3) is 0.684. The number of carbonyl (C=O) groups excluding carboxylic acids is 2. The lowest BCUT2D eigenvalue weighted by Crippen LogP contribution is -2.55. The van der Waals surface area contributed by atoms with Crippen LogP contribution >= 0.6 is 0 Å². The standard InChI is InChI=1S/C38H54O4/c1-25(2)13-9-10-14-27-19-23-38(8)30-17-18-32-35(4,5)33(21-22-36(32,6)29(30)20-24-37(27,38)7)42-34(40)28-15-11-12-16-31(28)41-26(3)39/h11-13,15-16,27,32-33H,9-10,14,17-24H2,1-8H3. The van der Waals surface area contributed by atoms with Crippen molar-refractivity contribution in [2.24, 2.45) is 33.5 Å². The molecule has 0 heterocycles.